The zero-order valence-corrected chi connectivity index (χ0v) is 14.6. The summed E-state index contributed by atoms with van der Waals surface area (Å²) < 4.78 is 5.04. The summed E-state index contributed by atoms with van der Waals surface area (Å²) in [6, 6.07) is 17.9. The predicted molar refractivity (Wildman–Crippen MR) is 97.3 cm³/mol. The van der Waals surface area contributed by atoms with Crippen molar-refractivity contribution in [1.29, 1.82) is 0 Å². The van der Waals surface area contributed by atoms with Gasteiger partial charge in [0.1, 0.15) is 0 Å². The molecule has 136 valence electrons. The third-order valence-electron chi connectivity index (χ3n) is 3.79. The van der Waals surface area contributed by atoms with Crippen molar-refractivity contribution in [2.24, 2.45) is 0 Å². The smallest absolute Gasteiger partial charge is 0.321 e. The summed E-state index contributed by atoms with van der Waals surface area (Å²) in [5.41, 5.74) is 1.75. The summed E-state index contributed by atoms with van der Waals surface area (Å²) in [6.45, 7) is 1.67. The van der Waals surface area contributed by atoms with Crippen molar-refractivity contribution >= 4 is 17.9 Å². The van der Waals surface area contributed by atoms with E-state index in [0.29, 0.717) is 13.0 Å². The molecular weight excluding hydrogens is 332 g/mol. The number of esters is 1. The Hall–Kier alpha value is -3.15. The first-order valence-electron chi connectivity index (χ1n) is 8.43. The number of hydrogen-bond acceptors (Lipinski definition) is 4. The van der Waals surface area contributed by atoms with Gasteiger partial charge < -0.3 is 10.1 Å². The van der Waals surface area contributed by atoms with Crippen LogP contribution in [0.4, 0.5) is 4.79 Å². The van der Waals surface area contributed by atoms with Crippen LogP contribution in [0.1, 0.15) is 30.4 Å². The highest BCUT2D eigenvalue weighted by Crippen LogP contribution is 2.20. The average Bonchev–Trinajstić information content (AvgIpc) is 2.67. The molecule has 2 rings (SSSR count). The van der Waals surface area contributed by atoms with Crippen molar-refractivity contribution < 1.29 is 19.1 Å². The molecule has 0 aromatic heterocycles. The average molecular weight is 354 g/mol. The van der Waals surface area contributed by atoms with Gasteiger partial charge in [-0.15, -0.1) is 0 Å². The van der Waals surface area contributed by atoms with Crippen molar-refractivity contribution in [1.82, 2.24) is 10.6 Å². The van der Waals surface area contributed by atoms with E-state index in [1.54, 1.807) is 0 Å². The maximum atomic E-state index is 12.2. The maximum Gasteiger partial charge on any atom is 0.321 e. The van der Waals surface area contributed by atoms with Crippen molar-refractivity contribution in [3.63, 3.8) is 0 Å². The van der Waals surface area contributed by atoms with E-state index in [1.165, 1.54) is 0 Å². The zero-order chi connectivity index (χ0) is 18.8. The van der Waals surface area contributed by atoms with Crippen LogP contribution in [0.2, 0.25) is 0 Å². The molecule has 6 heteroatoms. The molecule has 2 aromatic carbocycles. The number of hydrogen-bond donors (Lipinski definition) is 2. The highest BCUT2D eigenvalue weighted by molar-refractivity contribution is 5.95. The van der Waals surface area contributed by atoms with E-state index >= 15 is 0 Å². The van der Waals surface area contributed by atoms with E-state index in [9.17, 15) is 14.4 Å². The quantitative estimate of drug-likeness (QED) is 0.749. The van der Waals surface area contributed by atoms with Gasteiger partial charge in [-0.1, -0.05) is 67.6 Å². The Morgan fingerprint density at radius 1 is 0.962 bits per heavy atom. The molecule has 0 bridgehead atoms. The second-order valence-corrected chi connectivity index (χ2v) is 5.70. The molecular formula is C20H22N2O4. The van der Waals surface area contributed by atoms with Gasteiger partial charge in [0.2, 0.25) is 0 Å². The molecule has 0 heterocycles. The number of imide groups is 1. The first-order valence-corrected chi connectivity index (χ1v) is 8.43. The van der Waals surface area contributed by atoms with Crippen LogP contribution in [0.25, 0.3) is 0 Å². The van der Waals surface area contributed by atoms with Crippen molar-refractivity contribution in [3.05, 3.63) is 71.8 Å². The highest BCUT2D eigenvalue weighted by atomic mass is 16.5. The Labute approximate surface area is 152 Å². The largest absolute Gasteiger partial charge is 0.455 e. The summed E-state index contributed by atoms with van der Waals surface area (Å²) in [5.74, 6) is -1.60. The summed E-state index contributed by atoms with van der Waals surface area (Å²) >= 11 is 0. The lowest BCUT2D eigenvalue weighted by molar-refractivity contribution is -0.149. The topological polar surface area (TPSA) is 84.5 Å². The van der Waals surface area contributed by atoms with Gasteiger partial charge >= 0.3 is 12.0 Å². The number of benzene rings is 2. The van der Waals surface area contributed by atoms with Crippen LogP contribution in [0.5, 0.6) is 0 Å². The van der Waals surface area contributed by atoms with Gasteiger partial charge in [-0.2, -0.15) is 0 Å². The molecule has 0 aliphatic heterocycles. The summed E-state index contributed by atoms with van der Waals surface area (Å²) in [4.78, 5) is 35.6. The van der Waals surface area contributed by atoms with E-state index in [-0.39, 0.29) is 0 Å². The fourth-order valence-corrected chi connectivity index (χ4v) is 2.45. The Morgan fingerprint density at radius 3 is 2.19 bits per heavy atom. The molecule has 0 radical (unpaired) electrons. The zero-order valence-electron chi connectivity index (χ0n) is 14.6. The monoisotopic (exact) mass is 354 g/mol. The van der Waals surface area contributed by atoms with Crippen LogP contribution < -0.4 is 10.6 Å². The first-order chi connectivity index (χ1) is 12.6. The molecule has 0 aliphatic rings. The van der Waals surface area contributed by atoms with Crippen LogP contribution >= 0.6 is 0 Å². The van der Waals surface area contributed by atoms with Gasteiger partial charge in [0.15, 0.2) is 6.61 Å². The summed E-state index contributed by atoms with van der Waals surface area (Å²) in [5, 5.41) is 4.70. The van der Waals surface area contributed by atoms with E-state index in [0.717, 1.165) is 11.1 Å². The van der Waals surface area contributed by atoms with Gasteiger partial charge in [0.05, 0.1) is 5.92 Å². The molecule has 2 N–H and O–H groups in total. The lowest BCUT2D eigenvalue weighted by Crippen LogP contribution is -2.41. The number of nitrogens with one attached hydrogen (secondary N) is 2. The van der Waals surface area contributed by atoms with E-state index in [1.807, 2.05) is 67.6 Å². The Kier molecular flexibility index (Phi) is 7.36. The molecule has 6 nitrogen and oxygen atoms in total. The van der Waals surface area contributed by atoms with Crippen molar-refractivity contribution in [2.75, 3.05) is 6.61 Å². The molecule has 2 aromatic rings. The van der Waals surface area contributed by atoms with Gasteiger partial charge in [-0.3, -0.25) is 14.9 Å². The third-order valence-corrected chi connectivity index (χ3v) is 3.79. The molecule has 1 unspecified atom stereocenters. The van der Waals surface area contributed by atoms with E-state index < -0.39 is 30.4 Å². The van der Waals surface area contributed by atoms with Gasteiger partial charge in [-0.05, 0) is 17.5 Å². The Bertz CT molecular complexity index is 732. The second kappa shape index (κ2) is 9.98. The van der Waals surface area contributed by atoms with Crippen LogP contribution in [0.3, 0.4) is 0 Å². The molecule has 0 aliphatic carbocycles. The second-order valence-electron chi connectivity index (χ2n) is 5.70. The SMILES string of the molecule is CCC(C(=O)OCC(=O)NC(=O)NCc1ccccc1)c1ccccc1. The number of amides is 3. The number of ether oxygens (including phenoxy) is 1. The van der Waals surface area contributed by atoms with Crippen LogP contribution in [-0.4, -0.2) is 24.5 Å². The molecule has 26 heavy (non-hydrogen) atoms. The third kappa shape index (κ3) is 6.05. The summed E-state index contributed by atoms with van der Waals surface area (Å²) in [6.07, 6.45) is 0.558. The predicted octanol–water partition coefficient (Wildman–Crippen LogP) is 2.75. The van der Waals surface area contributed by atoms with E-state index in [4.69, 9.17) is 4.74 Å². The number of urea groups is 1. The first kappa shape index (κ1) is 19.2. The number of carbonyl (C=O) groups is 3. The normalized spacial score (nSPS) is 11.3. The molecule has 0 saturated carbocycles. The highest BCUT2D eigenvalue weighted by Gasteiger charge is 2.21. The van der Waals surface area contributed by atoms with Gasteiger partial charge in [0, 0.05) is 6.54 Å². The number of carbonyl (C=O) groups excluding carboxylic acids is 3. The van der Waals surface area contributed by atoms with Crippen molar-refractivity contribution in [3.8, 4) is 0 Å². The van der Waals surface area contributed by atoms with Crippen LogP contribution in [0.15, 0.2) is 60.7 Å². The number of rotatable bonds is 7. The minimum absolute atomic E-state index is 0.297. The maximum absolute atomic E-state index is 12.2. The molecule has 1 atom stereocenters. The lowest BCUT2D eigenvalue weighted by Gasteiger charge is -2.14. The summed E-state index contributed by atoms with van der Waals surface area (Å²) in [7, 11) is 0. The fraction of sp³-hybridized carbons (Fsp3) is 0.250. The Balaban J connectivity index is 1.75. The fourth-order valence-electron chi connectivity index (χ4n) is 2.45. The molecule has 0 spiro atoms. The van der Waals surface area contributed by atoms with Gasteiger partial charge in [0.25, 0.3) is 5.91 Å². The molecule has 0 fully saturated rings. The Morgan fingerprint density at radius 2 is 1.58 bits per heavy atom. The van der Waals surface area contributed by atoms with Crippen LogP contribution in [-0.2, 0) is 20.9 Å². The van der Waals surface area contributed by atoms with E-state index in [2.05, 4.69) is 10.6 Å². The van der Waals surface area contributed by atoms with Crippen molar-refractivity contribution in [2.45, 2.75) is 25.8 Å². The molecule has 0 saturated heterocycles. The van der Waals surface area contributed by atoms with Gasteiger partial charge in [-0.25, -0.2) is 4.79 Å². The lowest BCUT2D eigenvalue weighted by atomic mass is 9.97. The minimum atomic E-state index is -0.674. The molecule has 3 amide bonds. The standard InChI is InChI=1S/C20H22N2O4/c1-2-17(16-11-7-4-8-12-16)19(24)26-14-18(23)22-20(25)21-13-15-9-5-3-6-10-15/h3-12,17H,2,13-14H2,1H3,(H2,21,22,23,25). The minimum Gasteiger partial charge on any atom is -0.455 e. The van der Waals surface area contributed by atoms with Crippen LogP contribution in [0, 0.1) is 0 Å².